The van der Waals surface area contributed by atoms with E-state index in [1.54, 1.807) is 42.5 Å². The second-order valence-corrected chi connectivity index (χ2v) is 11.7. The van der Waals surface area contributed by atoms with Gasteiger partial charge in [0.25, 0.3) is 22.7 Å². The van der Waals surface area contributed by atoms with Gasteiger partial charge in [-0.3, -0.25) is 4.79 Å². The summed E-state index contributed by atoms with van der Waals surface area (Å²) >= 11 is 0. The maximum atomic E-state index is 13.5. The van der Waals surface area contributed by atoms with Gasteiger partial charge in [0.1, 0.15) is 0 Å². The van der Waals surface area contributed by atoms with Crippen molar-refractivity contribution in [1.29, 1.82) is 0 Å². The highest BCUT2D eigenvalue weighted by molar-refractivity contribution is 7.90. The molecule has 0 saturated carbocycles. The van der Waals surface area contributed by atoms with Crippen molar-refractivity contribution in [2.45, 2.75) is 30.5 Å². The number of nitrogens with zero attached hydrogens (tertiary/aromatic N) is 5. The number of hydrogen-bond acceptors (Lipinski definition) is 9. The van der Waals surface area contributed by atoms with E-state index in [1.807, 2.05) is 11.6 Å². The Labute approximate surface area is 260 Å². The third kappa shape index (κ3) is 7.09. The second-order valence-electron chi connectivity index (χ2n) is 10.0. The van der Waals surface area contributed by atoms with Crippen molar-refractivity contribution in [1.82, 2.24) is 19.5 Å². The number of carbonyl (C=O) groups is 2. The van der Waals surface area contributed by atoms with Crippen LogP contribution in [0.3, 0.4) is 0 Å². The van der Waals surface area contributed by atoms with Gasteiger partial charge in [-0.15, -0.1) is 5.01 Å². The molecule has 240 valence electrons. The van der Waals surface area contributed by atoms with Gasteiger partial charge in [0.05, 0.1) is 33.4 Å². The Kier molecular flexibility index (Phi) is 8.95. The third-order valence-corrected chi connectivity index (χ3v) is 8.23. The van der Waals surface area contributed by atoms with E-state index in [0.717, 1.165) is 33.5 Å². The van der Waals surface area contributed by atoms with E-state index in [0.29, 0.717) is 5.56 Å². The van der Waals surface area contributed by atoms with E-state index in [1.165, 1.54) is 24.3 Å². The summed E-state index contributed by atoms with van der Waals surface area (Å²) in [7, 11) is -4.45. The number of alkyl halides is 3. The van der Waals surface area contributed by atoms with Gasteiger partial charge in [0.15, 0.2) is 11.7 Å². The van der Waals surface area contributed by atoms with Gasteiger partial charge in [0.2, 0.25) is 5.28 Å². The number of halogens is 3. The topological polar surface area (TPSA) is 158 Å². The van der Waals surface area contributed by atoms with Crippen molar-refractivity contribution in [3.8, 4) is 16.9 Å². The number of amides is 1. The van der Waals surface area contributed by atoms with E-state index in [4.69, 9.17) is 4.74 Å². The maximum Gasteiger partial charge on any atom is 0.435 e. The summed E-state index contributed by atoms with van der Waals surface area (Å²) in [6.45, 7) is 1.20. The molecule has 0 bridgehead atoms. The lowest BCUT2D eigenvalue weighted by molar-refractivity contribution is -0.729. The summed E-state index contributed by atoms with van der Waals surface area (Å²) in [4.78, 5) is 28.9. The predicted molar refractivity (Wildman–Crippen MR) is 153 cm³/mol. The number of hydrazine groups is 1. The van der Waals surface area contributed by atoms with Crippen LogP contribution in [0.25, 0.3) is 16.9 Å². The molecule has 5 rings (SSSR count). The van der Waals surface area contributed by atoms with E-state index in [2.05, 4.69) is 15.2 Å². The van der Waals surface area contributed by atoms with Crippen molar-refractivity contribution in [2.24, 2.45) is 5.28 Å². The summed E-state index contributed by atoms with van der Waals surface area (Å²) < 4.78 is 74.2. The van der Waals surface area contributed by atoms with Crippen molar-refractivity contribution in [2.75, 3.05) is 13.3 Å². The van der Waals surface area contributed by atoms with Crippen LogP contribution < -0.4 is 4.72 Å². The highest BCUT2D eigenvalue weighted by Gasteiger charge is 2.42. The molecule has 1 amide bonds. The van der Waals surface area contributed by atoms with Crippen molar-refractivity contribution in [3.63, 3.8) is 0 Å². The molecule has 2 heterocycles. The van der Waals surface area contributed by atoms with Crippen LogP contribution in [0.2, 0.25) is 0 Å². The number of esters is 1. The monoisotopic (exact) mass is 658 g/mol. The van der Waals surface area contributed by atoms with E-state index in [9.17, 15) is 36.4 Å². The maximum absolute atomic E-state index is 13.5. The van der Waals surface area contributed by atoms with E-state index >= 15 is 0 Å². The lowest BCUT2D eigenvalue weighted by Crippen LogP contribution is -2.59. The van der Waals surface area contributed by atoms with Crippen LogP contribution in [-0.2, 0) is 30.6 Å². The van der Waals surface area contributed by atoms with Crippen LogP contribution in [0.1, 0.15) is 28.0 Å². The molecule has 0 unspecified atom stereocenters. The number of hydrogen-bond donors (Lipinski definition) is 1. The Hall–Kier alpha value is -5.45. The summed E-state index contributed by atoms with van der Waals surface area (Å²) in [6.07, 6.45) is -4.60. The average Bonchev–Trinajstić information content (AvgIpc) is 3.46. The molecular weight excluding hydrogens is 633 g/mol. The fourth-order valence-electron chi connectivity index (χ4n) is 4.37. The summed E-state index contributed by atoms with van der Waals surface area (Å²) in [6, 6.07) is 19.2. The lowest BCUT2D eigenvalue weighted by atomic mass is 10.1. The fourth-order valence-corrected chi connectivity index (χ4v) is 5.39. The highest BCUT2D eigenvalue weighted by atomic mass is 32.2. The fraction of sp³-hybridized carbons (Fsp3) is 0.207. The predicted octanol–water partition coefficient (Wildman–Crippen LogP) is 4.37. The molecule has 1 aliphatic heterocycles. The minimum absolute atomic E-state index is 0.0556. The number of aryl methyl sites for hydroxylation is 1. The molecule has 1 atom stereocenters. The number of ether oxygens (including phenoxy) is 1. The zero-order valence-corrected chi connectivity index (χ0v) is 24.7. The van der Waals surface area contributed by atoms with Crippen molar-refractivity contribution >= 4 is 21.9 Å². The normalized spacial score (nSPS) is 15.2. The number of rotatable bonds is 10. The molecule has 13 nitrogen and oxygen atoms in total. The molecule has 1 N–H and O–H groups in total. The molecular formula is C29H25F3N6O7S. The first-order valence-electron chi connectivity index (χ1n) is 13.5. The molecule has 17 heteroatoms. The van der Waals surface area contributed by atoms with Gasteiger partial charge in [0, 0.05) is 12.0 Å². The standard InChI is InChI=1S/C29H25F3N6O7S/c1-19-7-9-20(10-8-19)25-17-26(29(30,31)32)33-37(25)22-11-13-23(14-12-22)46(42,43)34-27(39)24-15-16-36(24)38(41)35-45-18-44-28(40)21-5-3-2-4-6-21/h2-14,17,24H,15-16,18H2,1H3,(H,34,39)/b38-35-/t24-/m0/s1. The Morgan fingerprint density at radius 2 is 1.74 bits per heavy atom. The minimum Gasteiger partial charge on any atom is -0.569 e. The van der Waals surface area contributed by atoms with Crippen LogP contribution in [0.4, 0.5) is 13.2 Å². The average molecular weight is 659 g/mol. The number of nitrogens with one attached hydrogen (secondary N) is 1. The first-order chi connectivity index (χ1) is 21.8. The largest absolute Gasteiger partial charge is 0.569 e. The van der Waals surface area contributed by atoms with Crippen LogP contribution in [0.15, 0.2) is 95.1 Å². The number of benzene rings is 3. The first kappa shape index (κ1) is 32.0. The Morgan fingerprint density at radius 1 is 1.07 bits per heavy atom. The summed E-state index contributed by atoms with van der Waals surface area (Å²) in [5.74, 6) is -1.74. The quantitative estimate of drug-likeness (QED) is 0.0652. The minimum atomic E-state index is -4.72. The van der Waals surface area contributed by atoms with Crippen LogP contribution in [0.5, 0.6) is 0 Å². The molecule has 1 saturated heterocycles. The van der Waals surface area contributed by atoms with Gasteiger partial charge in [-0.1, -0.05) is 48.0 Å². The van der Waals surface area contributed by atoms with Gasteiger partial charge < -0.3 is 14.8 Å². The first-order valence-corrected chi connectivity index (χ1v) is 15.0. The number of aromatic nitrogens is 2. The van der Waals surface area contributed by atoms with Crippen molar-refractivity contribution < 1.29 is 45.7 Å². The van der Waals surface area contributed by atoms with E-state index < -0.39 is 46.6 Å². The van der Waals surface area contributed by atoms with Gasteiger partial charge >= 0.3 is 12.1 Å². The molecule has 1 aliphatic rings. The Bertz CT molecular complexity index is 1860. The molecule has 1 fully saturated rings. The zero-order chi connectivity index (χ0) is 33.1. The molecule has 0 aliphatic carbocycles. The Balaban J connectivity index is 1.23. The number of carbonyl (C=O) groups excluding carboxylic acids is 2. The van der Waals surface area contributed by atoms with Gasteiger partial charge in [-0.05, 0) is 49.4 Å². The molecule has 4 aromatic rings. The number of sulfonamides is 1. The lowest BCUT2D eigenvalue weighted by Gasteiger charge is -2.33. The van der Waals surface area contributed by atoms with Crippen LogP contribution in [0, 0.1) is 12.1 Å². The smallest absolute Gasteiger partial charge is 0.435 e. The Morgan fingerprint density at radius 3 is 2.35 bits per heavy atom. The molecule has 46 heavy (non-hydrogen) atoms. The van der Waals surface area contributed by atoms with Gasteiger partial charge in [-0.25, -0.2) is 22.6 Å². The zero-order valence-electron chi connectivity index (χ0n) is 23.9. The second kappa shape index (κ2) is 12.9. The summed E-state index contributed by atoms with van der Waals surface area (Å²) in [5, 5.41) is 20.1. The molecule has 1 aromatic heterocycles. The van der Waals surface area contributed by atoms with Crippen molar-refractivity contribution in [3.05, 3.63) is 107 Å². The molecule has 3 aromatic carbocycles. The molecule has 0 radical (unpaired) electrons. The SMILES string of the molecule is Cc1ccc(-c2cc(C(F)(F)F)nn2-c2ccc(S(=O)(=O)NC(=O)[C@@H]3CCN3/[N+]([O-])=N/OCOC(=O)c3ccccc3)cc2)cc1. The third-order valence-electron chi connectivity index (χ3n) is 6.87. The summed E-state index contributed by atoms with van der Waals surface area (Å²) in [5.41, 5.74) is 0.756. The van der Waals surface area contributed by atoms with Crippen LogP contribution >= 0.6 is 0 Å². The highest BCUT2D eigenvalue weighted by Crippen LogP contribution is 2.33. The molecule has 0 spiro atoms. The van der Waals surface area contributed by atoms with Crippen LogP contribution in [-0.4, -0.2) is 59.4 Å². The van der Waals surface area contributed by atoms with E-state index in [-0.39, 0.29) is 39.8 Å². The van der Waals surface area contributed by atoms with Gasteiger partial charge in [-0.2, -0.15) is 18.3 Å².